The normalized spacial score (nSPS) is 10.5. The van der Waals surface area contributed by atoms with E-state index in [2.05, 4.69) is 15.6 Å². The average molecular weight is 417 g/mol. The molecule has 0 atom stereocenters. The van der Waals surface area contributed by atoms with Crippen molar-refractivity contribution in [3.05, 3.63) is 89.4 Å². The lowest BCUT2D eigenvalue weighted by Crippen LogP contribution is -2.30. The summed E-state index contributed by atoms with van der Waals surface area (Å²) in [7, 11) is 0. The second-order valence-electron chi connectivity index (χ2n) is 6.54. The third kappa shape index (κ3) is 5.01. The summed E-state index contributed by atoms with van der Waals surface area (Å²) in [4.78, 5) is 28.7. The van der Waals surface area contributed by atoms with E-state index in [0.29, 0.717) is 11.3 Å². The van der Waals surface area contributed by atoms with Gasteiger partial charge in [0.2, 0.25) is 0 Å². The van der Waals surface area contributed by atoms with Gasteiger partial charge in [0.1, 0.15) is 13.2 Å². The molecule has 150 valence electrons. The van der Waals surface area contributed by atoms with Gasteiger partial charge < -0.3 is 15.4 Å². The van der Waals surface area contributed by atoms with Gasteiger partial charge in [-0.05, 0) is 35.0 Å². The molecular formula is C23H19N3O3S. The maximum absolute atomic E-state index is 12.3. The lowest BCUT2D eigenvalue weighted by Gasteiger charge is -2.07. The molecule has 4 aromatic rings. The number of aromatic nitrogens is 1. The molecule has 6 nitrogen and oxygen atoms in total. The van der Waals surface area contributed by atoms with Crippen molar-refractivity contribution in [1.82, 2.24) is 10.3 Å². The predicted molar refractivity (Wildman–Crippen MR) is 118 cm³/mol. The lowest BCUT2D eigenvalue weighted by atomic mass is 10.1. The Morgan fingerprint density at radius 2 is 1.70 bits per heavy atom. The largest absolute Gasteiger partial charge is 0.458 e. The number of carbonyl (C=O) groups excluding carboxylic acids is 2. The van der Waals surface area contributed by atoms with E-state index in [1.165, 1.54) is 11.3 Å². The SMILES string of the molecule is O=C(CNC(=O)c1ccc2ccccc2c1)OCc1csc(Nc2ccccc2)n1. The number of nitrogens with one attached hydrogen (secondary N) is 2. The van der Waals surface area contributed by atoms with Gasteiger partial charge in [0, 0.05) is 16.6 Å². The van der Waals surface area contributed by atoms with Crippen molar-refractivity contribution in [3.63, 3.8) is 0 Å². The summed E-state index contributed by atoms with van der Waals surface area (Å²) in [6.45, 7) is -0.150. The molecule has 0 bridgehead atoms. The van der Waals surface area contributed by atoms with Crippen LogP contribution in [-0.4, -0.2) is 23.4 Å². The number of amides is 1. The minimum Gasteiger partial charge on any atom is -0.458 e. The highest BCUT2D eigenvalue weighted by molar-refractivity contribution is 7.13. The van der Waals surface area contributed by atoms with Crippen LogP contribution in [0, 0.1) is 0 Å². The van der Waals surface area contributed by atoms with Crippen molar-refractivity contribution in [3.8, 4) is 0 Å². The minimum absolute atomic E-state index is 0.0532. The Morgan fingerprint density at radius 1 is 0.933 bits per heavy atom. The molecule has 0 saturated heterocycles. The first-order valence-corrected chi connectivity index (χ1v) is 10.2. The second-order valence-corrected chi connectivity index (χ2v) is 7.40. The molecule has 3 aromatic carbocycles. The maximum atomic E-state index is 12.3. The summed E-state index contributed by atoms with van der Waals surface area (Å²) in [6, 6.07) is 22.9. The van der Waals surface area contributed by atoms with E-state index in [-0.39, 0.29) is 19.1 Å². The van der Waals surface area contributed by atoms with E-state index in [9.17, 15) is 9.59 Å². The average Bonchev–Trinajstić information content (AvgIpc) is 3.23. The van der Waals surface area contributed by atoms with Crippen LogP contribution in [-0.2, 0) is 16.1 Å². The number of esters is 1. The van der Waals surface area contributed by atoms with Crippen molar-refractivity contribution in [2.75, 3.05) is 11.9 Å². The molecule has 0 saturated carbocycles. The zero-order valence-corrected chi connectivity index (χ0v) is 16.8. The van der Waals surface area contributed by atoms with E-state index in [4.69, 9.17) is 4.74 Å². The van der Waals surface area contributed by atoms with Gasteiger partial charge in [-0.15, -0.1) is 11.3 Å². The number of carbonyl (C=O) groups is 2. The van der Waals surface area contributed by atoms with E-state index in [1.807, 2.05) is 66.0 Å². The molecule has 0 radical (unpaired) electrons. The number of hydrogen-bond donors (Lipinski definition) is 2. The van der Waals surface area contributed by atoms with Crippen molar-refractivity contribution in [2.45, 2.75) is 6.61 Å². The fourth-order valence-electron chi connectivity index (χ4n) is 2.87. The number of rotatable bonds is 7. The molecule has 30 heavy (non-hydrogen) atoms. The molecule has 1 amide bonds. The Bertz CT molecular complexity index is 1170. The molecular weight excluding hydrogens is 398 g/mol. The molecule has 0 aliphatic heterocycles. The molecule has 0 unspecified atom stereocenters. The van der Waals surface area contributed by atoms with Crippen molar-refractivity contribution in [2.24, 2.45) is 0 Å². The summed E-state index contributed by atoms with van der Waals surface area (Å²) in [5.74, 6) is -0.838. The van der Waals surface area contributed by atoms with Crippen molar-refractivity contribution in [1.29, 1.82) is 0 Å². The molecule has 7 heteroatoms. The molecule has 2 N–H and O–H groups in total. The van der Waals surface area contributed by atoms with Crippen LogP contribution >= 0.6 is 11.3 Å². The van der Waals surface area contributed by atoms with Crippen LogP contribution in [0.1, 0.15) is 16.1 Å². The smallest absolute Gasteiger partial charge is 0.325 e. The Labute approximate surface area is 177 Å². The fourth-order valence-corrected chi connectivity index (χ4v) is 3.58. The van der Waals surface area contributed by atoms with Crippen molar-refractivity contribution >= 4 is 44.8 Å². The first-order valence-electron chi connectivity index (χ1n) is 9.36. The third-order valence-corrected chi connectivity index (χ3v) is 5.17. The quantitative estimate of drug-likeness (QED) is 0.433. The van der Waals surface area contributed by atoms with Gasteiger partial charge in [0.15, 0.2) is 5.13 Å². The summed E-state index contributed by atoms with van der Waals surface area (Å²) in [5.41, 5.74) is 2.08. The Kier molecular flexibility index (Phi) is 6.01. The first kappa shape index (κ1) is 19.6. The van der Waals surface area contributed by atoms with E-state index >= 15 is 0 Å². The van der Waals surface area contributed by atoms with Crippen LogP contribution < -0.4 is 10.6 Å². The van der Waals surface area contributed by atoms with Crippen LogP contribution in [0.25, 0.3) is 10.8 Å². The molecule has 1 aromatic heterocycles. The number of anilines is 2. The van der Waals surface area contributed by atoms with Crippen LogP contribution in [0.5, 0.6) is 0 Å². The predicted octanol–water partition coefficient (Wildman–Crippen LogP) is 4.51. The van der Waals surface area contributed by atoms with Crippen LogP contribution in [0.15, 0.2) is 78.2 Å². The third-order valence-electron chi connectivity index (χ3n) is 4.36. The van der Waals surface area contributed by atoms with Gasteiger partial charge in [0.05, 0.1) is 5.69 Å². The van der Waals surface area contributed by atoms with E-state index in [1.54, 1.807) is 12.1 Å². The highest BCUT2D eigenvalue weighted by Crippen LogP contribution is 2.21. The van der Waals surface area contributed by atoms with Gasteiger partial charge in [-0.1, -0.05) is 48.5 Å². The number of nitrogens with zero attached hydrogens (tertiary/aromatic N) is 1. The standard InChI is InChI=1S/C23H19N3O3S/c27-21(13-24-22(28)18-11-10-16-6-4-5-7-17(16)12-18)29-14-20-15-30-23(26-20)25-19-8-2-1-3-9-19/h1-12,15H,13-14H2,(H,24,28)(H,25,26). The fraction of sp³-hybridized carbons (Fsp3) is 0.0870. The summed E-state index contributed by atoms with van der Waals surface area (Å²) < 4.78 is 5.21. The number of fused-ring (bicyclic) bond motifs is 1. The van der Waals surface area contributed by atoms with Crippen LogP contribution in [0.2, 0.25) is 0 Å². The molecule has 0 aliphatic rings. The summed E-state index contributed by atoms with van der Waals surface area (Å²) in [5, 5.41) is 10.4. The maximum Gasteiger partial charge on any atom is 0.325 e. The van der Waals surface area contributed by atoms with Crippen LogP contribution in [0.3, 0.4) is 0 Å². The second kappa shape index (κ2) is 9.19. The number of thiazole rings is 1. The van der Waals surface area contributed by atoms with Gasteiger partial charge in [0.25, 0.3) is 5.91 Å². The van der Waals surface area contributed by atoms with Gasteiger partial charge in [-0.3, -0.25) is 9.59 Å². The Hall–Kier alpha value is -3.71. The zero-order valence-electron chi connectivity index (χ0n) is 16.0. The summed E-state index contributed by atoms with van der Waals surface area (Å²) in [6.07, 6.45) is 0. The number of hydrogen-bond acceptors (Lipinski definition) is 6. The number of para-hydroxylation sites is 1. The topological polar surface area (TPSA) is 80.3 Å². The number of ether oxygens (including phenoxy) is 1. The van der Waals surface area contributed by atoms with Crippen LogP contribution in [0.4, 0.5) is 10.8 Å². The van der Waals surface area contributed by atoms with Crippen molar-refractivity contribution < 1.29 is 14.3 Å². The minimum atomic E-state index is -0.519. The number of benzene rings is 3. The van der Waals surface area contributed by atoms with Gasteiger partial charge in [-0.2, -0.15) is 0 Å². The zero-order chi connectivity index (χ0) is 20.8. The lowest BCUT2D eigenvalue weighted by molar-refractivity contribution is -0.143. The Balaban J connectivity index is 1.25. The molecule has 4 rings (SSSR count). The highest BCUT2D eigenvalue weighted by atomic mass is 32.1. The molecule has 0 aliphatic carbocycles. The van der Waals surface area contributed by atoms with Gasteiger partial charge in [-0.25, -0.2) is 4.98 Å². The Morgan fingerprint density at radius 3 is 2.53 bits per heavy atom. The molecule has 1 heterocycles. The van der Waals surface area contributed by atoms with E-state index in [0.717, 1.165) is 21.6 Å². The highest BCUT2D eigenvalue weighted by Gasteiger charge is 2.11. The molecule has 0 spiro atoms. The summed E-state index contributed by atoms with van der Waals surface area (Å²) >= 11 is 1.43. The molecule has 0 fully saturated rings. The van der Waals surface area contributed by atoms with E-state index < -0.39 is 5.97 Å². The first-order chi connectivity index (χ1) is 14.7. The monoisotopic (exact) mass is 417 g/mol. The van der Waals surface area contributed by atoms with Gasteiger partial charge >= 0.3 is 5.97 Å².